The molecule has 2 aliphatic rings. The van der Waals surface area contributed by atoms with E-state index in [0.717, 1.165) is 32.4 Å². The zero-order valence-electron chi connectivity index (χ0n) is 9.39. The number of hydrogen-bond donors (Lipinski definition) is 1. The molecule has 0 amide bonds. The third-order valence-electron chi connectivity index (χ3n) is 3.57. The van der Waals surface area contributed by atoms with Crippen LogP contribution in [-0.2, 0) is 9.47 Å². The smallest absolute Gasteiger partial charge is 0.0739 e. The zero-order chi connectivity index (χ0) is 10.7. The third kappa shape index (κ3) is 2.69. The van der Waals surface area contributed by atoms with Crippen LogP contribution >= 0.6 is 0 Å². The van der Waals surface area contributed by atoms with Crippen molar-refractivity contribution >= 4 is 0 Å². The van der Waals surface area contributed by atoms with Gasteiger partial charge in [0, 0.05) is 26.8 Å². The molecule has 4 nitrogen and oxygen atoms in total. The number of methoxy groups -OCH3 is 1. The highest BCUT2D eigenvalue weighted by atomic mass is 16.5. The predicted molar refractivity (Wildman–Crippen MR) is 56.8 cm³/mol. The number of piperidine rings is 1. The van der Waals surface area contributed by atoms with E-state index >= 15 is 0 Å². The average Bonchev–Trinajstić information content (AvgIpc) is 2.30. The quantitative estimate of drug-likeness (QED) is 0.717. The average molecular weight is 215 g/mol. The largest absolute Gasteiger partial charge is 0.391 e. The molecule has 0 bridgehead atoms. The van der Waals surface area contributed by atoms with E-state index in [0.29, 0.717) is 19.3 Å². The van der Waals surface area contributed by atoms with E-state index in [1.54, 1.807) is 7.11 Å². The van der Waals surface area contributed by atoms with Gasteiger partial charge in [-0.05, 0) is 19.3 Å². The zero-order valence-corrected chi connectivity index (χ0v) is 9.39. The first-order valence-corrected chi connectivity index (χ1v) is 5.84. The SMILES string of the molecule is COC1CCN(C2COCCC2O)CC1. The summed E-state index contributed by atoms with van der Waals surface area (Å²) in [6.45, 7) is 3.41. The molecule has 0 aliphatic carbocycles. The van der Waals surface area contributed by atoms with E-state index in [-0.39, 0.29) is 12.1 Å². The van der Waals surface area contributed by atoms with Crippen molar-refractivity contribution in [3.63, 3.8) is 0 Å². The fourth-order valence-corrected chi connectivity index (χ4v) is 2.50. The van der Waals surface area contributed by atoms with Crippen molar-refractivity contribution in [3.8, 4) is 0 Å². The lowest BCUT2D eigenvalue weighted by Gasteiger charge is -2.40. The Labute approximate surface area is 91.2 Å². The van der Waals surface area contributed by atoms with Crippen LogP contribution in [0.5, 0.6) is 0 Å². The lowest BCUT2D eigenvalue weighted by Crippen LogP contribution is -2.53. The van der Waals surface area contributed by atoms with Crippen molar-refractivity contribution in [2.45, 2.75) is 37.5 Å². The summed E-state index contributed by atoms with van der Waals surface area (Å²) in [6, 6.07) is 0.205. The monoisotopic (exact) mass is 215 g/mol. The highest BCUT2D eigenvalue weighted by molar-refractivity contribution is 4.85. The van der Waals surface area contributed by atoms with Crippen molar-refractivity contribution in [3.05, 3.63) is 0 Å². The molecule has 0 aromatic rings. The second kappa shape index (κ2) is 5.25. The lowest BCUT2D eigenvalue weighted by atomic mass is 10.0. The van der Waals surface area contributed by atoms with Crippen LogP contribution in [0.1, 0.15) is 19.3 Å². The predicted octanol–water partition coefficient (Wildman–Crippen LogP) is 0.247. The number of likely N-dealkylation sites (tertiary alicyclic amines) is 1. The van der Waals surface area contributed by atoms with Gasteiger partial charge < -0.3 is 14.6 Å². The van der Waals surface area contributed by atoms with Crippen molar-refractivity contribution < 1.29 is 14.6 Å². The summed E-state index contributed by atoms with van der Waals surface area (Å²) in [5.74, 6) is 0. The molecule has 0 radical (unpaired) electrons. The van der Waals surface area contributed by atoms with Gasteiger partial charge in [0.05, 0.1) is 24.9 Å². The van der Waals surface area contributed by atoms with E-state index in [1.165, 1.54) is 0 Å². The maximum Gasteiger partial charge on any atom is 0.0739 e. The van der Waals surface area contributed by atoms with Gasteiger partial charge in [-0.25, -0.2) is 0 Å². The lowest BCUT2D eigenvalue weighted by molar-refractivity contribution is -0.0771. The van der Waals surface area contributed by atoms with Gasteiger partial charge in [-0.1, -0.05) is 0 Å². The second-order valence-electron chi connectivity index (χ2n) is 4.47. The number of hydrogen-bond acceptors (Lipinski definition) is 4. The molecule has 88 valence electrons. The maximum absolute atomic E-state index is 9.89. The molecule has 2 rings (SSSR count). The van der Waals surface area contributed by atoms with E-state index < -0.39 is 0 Å². The Balaban J connectivity index is 1.83. The number of aliphatic hydroxyl groups excluding tert-OH is 1. The fraction of sp³-hybridized carbons (Fsp3) is 1.00. The van der Waals surface area contributed by atoms with Crippen LogP contribution in [0.2, 0.25) is 0 Å². The number of rotatable bonds is 2. The molecule has 2 heterocycles. The molecule has 15 heavy (non-hydrogen) atoms. The highest BCUT2D eigenvalue weighted by Crippen LogP contribution is 2.20. The minimum Gasteiger partial charge on any atom is -0.391 e. The normalized spacial score (nSPS) is 35.6. The first-order chi connectivity index (χ1) is 7.31. The minimum atomic E-state index is -0.210. The van der Waals surface area contributed by atoms with Crippen LogP contribution in [0.25, 0.3) is 0 Å². The van der Waals surface area contributed by atoms with Crippen molar-refractivity contribution in [1.29, 1.82) is 0 Å². The standard InChI is InChI=1S/C11H21NO3/c1-14-9-2-5-12(6-3-9)10-8-15-7-4-11(10)13/h9-11,13H,2-8H2,1H3. The number of aliphatic hydroxyl groups is 1. The van der Waals surface area contributed by atoms with Gasteiger partial charge in [0.25, 0.3) is 0 Å². The van der Waals surface area contributed by atoms with E-state index in [2.05, 4.69) is 4.90 Å². The van der Waals surface area contributed by atoms with Crippen LogP contribution in [0.4, 0.5) is 0 Å². The Morgan fingerprint density at radius 3 is 2.60 bits per heavy atom. The minimum absolute atomic E-state index is 0.205. The summed E-state index contributed by atoms with van der Waals surface area (Å²) >= 11 is 0. The Kier molecular flexibility index (Phi) is 3.97. The van der Waals surface area contributed by atoms with Crippen LogP contribution in [-0.4, -0.2) is 61.7 Å². The van der Waals surface area contributed by atoms with Gasteiger partial charge in [-0.2, -0.15) is 0 Å². The summed E-state index contributed by atoms with van der Waals surface area (Å²) in [7, 11) is 1.78. The Hall–Kier alpha value is -0.160. The number of nitrogens with zero attached hydrogens (tertiary/aromatic N) is 1. The molecule has 2 unspecified atom stereocenters. The molecule has 2 saturated heterocycles. The van der Waals surface area contributed by atoms with E-state index in [1.807, 2.05) is 0 Å². The Morgan fingerprint density at radius 1 is 1.27 bits per heavy atom. The van der Waals surface area contributed by atoms with Crippen LogP contribution in [0.15, 0.2) is 0 Å². The Morgan fingerprint density at radius 2 is 2.00 bits per heavy atom. The molecule has 0 aromatic heterocycles. The topological polar surface area (TPSA) is 41.9 Å². The molecular weight excluding hydrogens is 194 g/mol. The van der Waals surface area contributed by atoms with Gasteiger partial charge in [0.1, 0.15) is 0 Å². The summed E-state index contributed by atoms with van der Waals surface area (Å²) in [4.78, 5) is 2.35. The molecule has 2 atom stereocenters. The molecular formula is C11H21NO3. The van der Waals surface area contributed by atoms with Crippen LogP contribution < -0.4 is 0 Å². The fourth-order valence-electron chi connectivity index (χ4n) is 2.50. The molecule has 0 saturated carbocycles. The van der Waals surface area contributed by atoms with Crippen molar-refractivity contribution in [2.24, 2.45) is 0 Å². The van der Waals surface area contributed by atoms with Gasteiger partial charge >= 0.3 is 0 Å². The second-order valence-corrected chi connectivity index (χ2v) is 4.47. The van der Waals surface area contributed by atoms with E-state index in [9.17, 15) is 5.11 Å². The van der Waals surface area contributed by atoms with Crippen LogP contribution in [0, 0.1) is 0 Å². The van der Waals surface area contributed by atoms with Gasteiger partial charge in [0.2, 0.25) is 0 Å². The summed E-state index contributed by atoms with van der Waals surface area (Å²) in [6.07, 6.45) is 3.11. The van der Waals surface area contributed by atoms with E-state index in [4.69, 9.17) is 9.47 Å². The Bertz CT molecular complexity index is 192. The molecule has 0 aromatic carbocycles. The molecule has 2 fully saturated rings. The maximum atomic E-state index is 9.89. The molecule has 2 aliphatic heterocycles. The highest BCUT2D eigenvalue weighted by Gasteiger charge is 2.31. The summed E-state index contributed by atoms with van der Waals surface area (Å²) in [5.41, 5.74) is 0. The summed E-state index contributed by atoms with van der Waals surface area (Å²) < 4.78 is 10.8. The molecule has 0 spiro atoms. The first-order valence-electron chi connectivity index (χ1n) is 5.84. The number of ether oxygens (including phenoxy) is 2. The molecule has 4 heteroatoms. The summed E-state index contributed by atoms with van der Waals surface area (Å²) in [5, 5.41) is 9.89. The van der Waals surface area contributed by atoms with Gasteiger partial charge in [0.15, 0.2) is 0 Å². The third-order valence-corrected chi connectivity index (χ3v) is 3.57. The van der Waals surface area contributed by atoms with Gasteiger partial charge in [-0.3, -0.25) is 4.90 Å². The van der Waals surface area contributed by atoms with Crippen molar-refractivity contribution in [1.82, 2.24) is 4.90 Å². The van der Waals surface area contributed by atoms with Gasteiger partial charge in [-0.15, -0.1) is 0 Å². The van der Waals surface area contributed by atoms with Crippen LogP contribution in [0.3, 0.4) is 0 Å². The van der Waals surface area contributed by atoms with Crippen molar-refractivity contribution in [2.75, 3.05) is 33.4 Å². The molecule has 1 N–H and O–H groups in total. The first kappa shape index (κ1) is 11.3.